The highest BCUT2D eigenvalue weighted by Crippen LogP contribution is 2.67. The van der Waals surface area contributed by atoms with E-state index in [4.69, 9.17) is 10.5 Å². The van der Waals surface area contributed by atoms with Gasteiger partial charge in [-0.15, -0.1) is 0 Å². The monoisotopic (exact) mass is 254 g/mol. The van der Waals surface area contributed by atoms with Gasteiger partial charge in [-0.25, -0.2) is 0 Å². The lowest BCUT2D eigenvalue weighted by Crippen LogP contribution is -2.50. The van der Waals surface area contributed by atoms with Gasteiger partial charge in [0.05, 0.1) is 18.6 Å². The Morgan fingerprint density at radius 2 is 1.83 bits per heavy atom. The fourth-order valence-corrected chi connectivity index (χ4v) is 3.16. The van der Waals surface area contributed by atoms with Crippen LogP contribution in [0.1, 0.15) is 34.6 Å². The first-order valence-corrected chi connectivity index (χ1v) is 6.75. The molecule has 2 aliphatic rings. The smallest absolute Gasteiger partial charge is 0.229 e. The molecule has 0 aromatic heterocycles. The van der Waals surface area contributed by atoms with Gasteiger partial charge in [0, 0.05) is 12.6 Å². The summed E-state index contributed by atoms with van der Waals surface area (Å²) >= 11 is 0. The van der Waals surface area contributed by atoms with Crippen LogP contribution in [0.2, 0.25) is 0 Å². The van der Waals surface area contributed by atoms with Gasteiger partial charge in [0.1, 0.15) is 0 Å². The normalized spacial score (nSPS) is 37.6. The number of ether oxygens (including phenoxy) is 1. The molecule has 3 N–H and O–H groups in total. The lowest BCUT2D eigenvalue weighted by molar-refractivity contribution is -0.130. The Bertz CT molecular complexity index is 351. The van der Waals surface area contributed by atoms with Crippen LogP contribution in [0, 0.1) is 22.2 Å². The fourth-order valence-electron chi connectivity index (χ4n) is 3.16. The molecule has 4 heteroatoms. The first kappa shape index (κ1) is 13.8. The lowest BCUT2D eigenvalue weighted by atomic mass is 9.85. The second kappa shape index (κ2) is 3.94. The SMILES string of the molecule is CC1(C(=O)NCC2C(C)(C)C2(C)C)COCC1N. The van der Waals surface area contributed by atoms with E-state index in [2.05, 4.69) is 33.0 Å². The Hall–Kier alpha value is -0.610. The van der Waals surface area contributed by atoms with E-state index in [1.807, 2.05) is 6.92 Å². The minimum Gasteiger partial charge on any atom is -0.379 e. The van der Waals surface area contributed by atoms with Gasteiger partial charge in [-0.2, -0.15) is 0 Å². The van der Waals surface area contributed by atoms with Crippen LogP contribution in [0.3, 0.4) is 0 Å². The summed E-state index contributed by atoms with van der Waals surface area (Å²) in [7, 11) is 0. The number of hydrogen-bond donors (Lipinski definition) is 2. The van der Waals surface area contributed by atoms with Crippen LogP contribution < -0.4 is 11.1 Å². The molecule has 4 nitrogen and oxygen atoms in total. The molecule has 1 saturated heterocycles. The molecule has 104 valence electrons. The average molecular weight is 254 g/mol. The van der Waals surface area contributed by atoms with E-state index in [1.165, 1.54) is 0 Å². The van der Waals surface area contributed by atoms with E-state index in [0.29, 0.717) is 30.0 Å². The molecule has 1 heterocycles. The number of rotatable bonds is 3. The second-order valence-corrected chi connectivity index (χ2v) is 7.25. The van der Waals surface area contributed by atoms with Crippen LogP contribution in [0.5, 0.6) is 0 Å². The Morgan fingerprint density at radius 3 is 2.22 bits per heavy atom. The lowest BCUT2D eigenvalue weighted by Gasteiger charge is -2.25. The van der Waals surface area contributed by atoms with Crippen LogP contribution in [-0.2, 0) is 9.53 Å². The van der Waals surface area contributed by atoms with Crippen molar-refractivity contribution >= 4 is 5.91 Å². The molecule has 1 aliphatic carbocycles. The topological polar surface area (TPSA) is 64.3 Å². The molecule has 2 fully saturated rings. The molecule has 0 radical (unpaired) electrons. The van der Waals surface area contributed by atoms with Gasteiger partial charge >= 0.3 is 0 Å². The molecule has 0 aromatic carbocycles. The third kappa shape index (κ3) is 1.77. The van der Waals surface area contributed by atoms with E-state index in [0.717, 1.165) is 6.54 Å². The maximum Gasteiger partial charge on any atom is 0.229 e. The van der Waals surface area contributed by atoms with Gasteiger partial charge in [0.2, 0.25) is 5.91 Å². The average Bonchev–Trinajstić information content (AvgIpc) is 2.55. The number of nitrogens with one attached hydrogen (secondary N) is 1. The Balaban J connectivity index is 1.91. The third-order valence-corrected chi connectivity index (χ3v) is 5.82. The maximum atomic E-state index is 12.3. The van der Waals surface area contributed by atoms with Crippen LogP contribution in [0.25, 0.3) is 0 Å². The molecule has 2 rings (SSSR count). The summed E-state index contributed by atoms with van der Waals surface area (Å²) in [6.45, 7) is 12.6. The van der Waals surface area contributed by atoms with Gasteiger partial charge < -0.3 is 15.8 Å². The molecule has 1 aliphatic heterocycles. The summed E-state index contributed by atoms with van der Waals surface area (Å²) in [5, 5.41) is 3.07. The largest absolute Gasteiger partial charge is 0.379 e. The quantitative estimate of drug-likeness (QED) is 0.794. The van der Waals surface area contributed by atoms with Gasteiger partial charge in [-0.3, -0.25) is 4.79 Å². The third-order valence-electron chi connectivity index (χ3n) is 5.82. The molecule has 0 aromatic rings. The molecule has 1 saturated carbocycles. The number of amides is 1. The highest BCUT2D eigenvalue weighted by molar-refractivity contribution is 5.83. The van der Waals surface area contributed by atoms with Crippen LogP contribution >= 0.6 is 0 Å². The Labute approximate surface area is 110 Å². The van der Waals surface area contributed by atoms with Crippen molar-refractivity contribution in [3.8, 4) is 0 Å². The zero-order valence-corrected chi connectivity index (χ0v) is 12.2. The van der Waals surface area contributed by atoms with Crippen LogP contribution in [0.15, 0.2) is 0 Å². The van der Waals surface area contributed by atoms with Crippen molar-refractivity contribution in [2.24, 2.45) is 27.9 Å². The number of nitrogens with two attached hydrogens (primary N) is 1. The second-order valence-electron chi connectivity index (χ2n) is 7.25. The number of carbonyl (C=O) groups excluding carboxylic acids is 1. The van der Waals surface area contributed by atoms with Crippen molar-refractivity contribution in [1.82, 2.24) is 5.32 Å². The first-order valence-electron chi connectivity index (χ1n) is 6.75. The van der Waals surface area contributed by atoms with Crippen molar-refractivity contribution in [3.63, 3.8) is 0 Å². The Morgan fingerprint density at radius 1 is 1.28 bits per heavy atom. The van der Waals surface area contributed by atoms with E-state index >= 15 is 0 Å². The van der Waals surface area contributed by atoms with Gasteiger partial charge in [0.15, 0.2) is 0 Å². The summed E-state index contributed by atoms with van der Waals surface area (Å²) < 4.78 is 5.31. The summed E-state index contributed by atoms with van der Waals surface area (Å²) in [6, 6.07) is -0.197. The van der Waals surface area contributed by atoms with Crippen molar-refractivity contribution in [2.75, 3.05) is 19.8 Å². The minimum absolute atomic E-state index is 0.0333. The molecule has 18 heavy (non-hydrogen) atoms. The van der Waals surface area contributed by atoms with Crippen LogP contribution in [0.4, 0.5) is 0 Å². The highest BCUT2D eigenvalue weighted by Gasteiger charge is 2.64. The molecule has 0 spiro atoms. The van der Waals surface area contributed by atoms with Gasteiger partial charge in [-0.05, 0) is 23.7 Å². The highest BCUT2D eigenvalue weighted by atomic mass is 16.5. The molecule has 0 bridgehead atoms. The van der Waals surface area contributed by atoms with E-state index in [-0.39, 0.29) is 11.9 Å². The fraction of sp³-hybridized carbons (Fsp3) is 0.929. The zero-order chi connectivity index (χ0) is 13.8. The van der Waals surface area contributed by atoms with Crippen molar-refractivity contribution < 1.29 is 9.53 Å². The predicted molar refractivity (Wildman–Crippen MR) is 71.0 cm³/mol. The first-order chi connectivity index (χ1) is 8.14. The van der Waals surface area contributed by atoms with Gasteiger partial charge in [-0.1, -0.05) is 27.7 Å². The van der Waals surface area contributed by atoms with Crippen molar-refractivity contribution in [1.29, 1.82) is 0 Å². The van der Waals surface area contributed by atoms with E-state index in [1.54, 1.807) is 0 Å². The number of carbonyl (C=O) groups is 1. The van der Waals surface area contributed by atoms with Crippen molar-refractivity contribution in [2.45, 2.75) is 40.7 Å². The van der Waals surface area contributed by atoms with Gasteiger partial charge in [0.25, 0.3) is 0 Å². The van der Waals surface area contributed by atoms with E-state index in [9.17, 15) is 4.79 Å². The number of hydrogen-bond acceptors (Lipinski definition) is 3. The predicted octanol–water partition coefficient (Wildman–Crippen LogP) is 1.15. The Kier molecular flexibility index (Phi) is 3.02. The summed E-state index contributed by atoms with van der Waals surface area (Å²) in [4.78, 5) is 12.3. The summed E-state index contributed by atoms with van der Waals surface area (Å²) in [6.07, 6.45) is 0. The summed E-state index contributed by atoms with van der Waals surface area (Å²) in [5.74, 6) is 0.571. The van der Waals surface area contributed by atoms with E-state index < -0.39 is 5.41 Å². The molecule has 2 unspecified atom stereocenters. The zero-order valence-electron chi connectivity index (χ0n) is 12.2. The molecular formula is C14H26N2O2. The maximum absolute atomic E-state index is 12.3. The molecular weight excluding hydrogens is 228 g/mol. The van der Waals surface area contributed by atoms with Crippen LogP contribution in [-0.4, -0.2) is 31.7 Å². The van der Waals surface area contributed by atoms with Crippen molar-refractivity contribution in [3.05, 3.63) is 0 Å². The molecule has 2 atom stereocenters. The standard InChI is InChI=1S/C14H26N2O2/c1-12(2)9(13(12,3)4)6-16-11(17)14(5)8-18-7-10(14)15/h9-10H,6-8,15H2,1-5H3,(H,16,17). The summed E-state index contributed by atoms with van der Waals surface area (Å²) in [5.41, 5.74) is 5.99. The minimum atomic E-state index is -0.566. The molecule has 1 amide bonds.